The van der Waals surface area contributed by atoms with Gasteiger partial charge in [0.2, 0.25) is 0 Å². The van der Waals surface area contributed by atoms with Gasteiger partial charge in [-0.25, -0.2) is 4.57 Å². The zero-order valence-electron chi connectivity index (χ0n) is 36.8. The van der Waals surface area contributed by atoms with Crippen LogP contribution in [-0.2, 0) is 32.7 Å². The van der Waals surface area contributed by atoms with Crippen LogP contribution in [0.1, 0.15) is 219 Å². The van der Waals surface area contributed by atoms with Gasteiger partial charge in [-0.1, -0.05) is 172 Å². The van der Waals surface area contributed by atoms with Crippen molar-refractivity contribution in [2.24, 2.45) is 5.73 Å². The Morgan fingerprint density at radius 3 is 1.37 bits per heavy atom. The molecule has 3 N–H and O–H groups in total. The molecule has 0 fully saturated rings. The van der Waals surface area contributed by atoms with Crippen molar-refractivity contribution in [1.29, 1.82) is 0 Å². The number of rotatable bonds is 44. The van der Waals surface area contributed by atoms with Crippen LogP contribution in [0.2, 0.25) is 0 Å². The number of esters is 2. The summed E-state index contributed by atoms with van der Waals surface area (Å²) < 4.78 is 32.8. The van der Waals surface area contributed by atoms with Gasteiger partial charge < -0.3 is 20.1 Å². The summed E-state index contributed by atoms with van der Waals surface area (Å²) in [6, 6.07) is 0. The average molecular weight is 826 g/mol. The van der Waals surface area contributed by atoms with E-state index < -0.39 is 26.5 Å². The van der Waals surface area contributed by atoms with E-state index in [1.54, 1.807) is 0 Å². The molecule has 0 amide bonds. The summed E-state index contributed by atoms with van der Waals surface area (Å²) in [6.45, 7) is 3.71. The molecule has 0 aliphatic rings. The summed E-state index contributed by atoms with van der Waals surface area (Å²) in [6.07, 6.45) is 48.9. The highest BCUT2D eigenvalue weighted by atomic mass is 31.2. The van der Waals surface area contributed by atoms with Crippen molar-refractivity contribution in [1.82, 2.24) is 0 Å². The van der Waals surface area contributed by atoms with E-state index in [2.05, 4.69) is 50.3 Å². The van der Waals surface area contributed by atoms with E-state index in [0.29, 0.717) is 6.42 Å². The van der Waals surface area contributed by atoms with E-state index in [1.165, 1.54) is 122 Å². The lowest BCUT2D eigenvalue weighted by molar-refractivity contribution is -0.161. The minimum Gasteiger partial charge on any atom is -0.462 e. The number of allylic oxidation sites excluding steroid dienone is 6. The van der Waals surface area contributed by atoms with Gasteiger partial charge in [0, 0.05) is 19.4 Å². The smallest absolute Gasteiger partial charge is 0.462 e. The van der Waals surface area contributed by atoms with E-state index in [9.17, 15) is 19.0 Å². The Morgan fingerprint density at radius 2 is 0.912 bits per heavy atom. The monoisotopic (exact) mass is 826 g/mol. The van der Waals surface area contributed by atoms with Crippen LogP contribution < -0.4 is 5.73 Å². The molecule has 0 aromatic heterocycles. The van der Waals surface area contributed by atoms with E-state index in [4.69, 9.17) is 24.3 Å². The molecule has 0 spiro atoms. The highest BCUT2D eigenvalue weighted by Gasteiger charge is 2.26. The molecule has 57 heavy (non-hydrogen) atoms. The number of nitrogens with two attached hydrogens (primary N) is 1. The maximum atomic E-state index is 12.6. The van der Waals surface area contributed by atoms with Gasteiger partial charge in [-0.2, -0.15) is 0 Å². The van der Waals surface area contributed by atoms with Crippen molar-refractivity contribution in [3.63, 3.8) is 0 Å². The van der Waals surface area contributed by atoms with Gasteiger partial charge >= 0.3 is 19.8 Å². The summed E-state index contributed by atoms with van der Waals surface area (Å²) in [5.41, 5.74) is 5.35. The summed E-state index contributed by atoms with van der Waals surface area (Å²) in [5, 5.41) is 0. The Labute approximate surface area is 350 Å². The molecule has 334 valence electrons. The molecule has 0 heterocycles. The van der Waals surface area contributed by atoms with Crippen LogP contribution in [0.5, 0.6) is 0 Å². The highest BCUT2D eigenvalue weighted by Crippen LogP contribution is 2.43. The third-order valence-electron chi connectivity index (χ3n) is 10.00. The number of hydrogen-bond donors (Lipinski definition) is 2. The summed E-state index contributed by atoms with van der Waals surface area (Å²) in [4.78, 5) is 34.9. The summed E-state index contributed by atoms with van der Waals surface area (Å²) >= 11 is 0. The second-order valence-corrected chi connectivity index (χ2v) is 17.1. The second kappa shape index (κ2) is 43.8. The van der Waals surface area contributed by atoms with E-state index >= 15 is 0 Å². The van der Waals surface area contributed by atoms with Gasteiger partial charge in [-0.15, -0.1) is 0 Å². The van der Waals surface area contributed by atoms with Gasteiger partial charge in [0.1, 0.15) is 6.61 Å². The zero-order valence-corrected chi connectivity index (χ0v) is 37.7. The van der Waals surface area contributed by atoms with Crippen molar-refractivity contribution < 1.29 is 37.6 Å². The average Bonchev–Trinajstić information content (AvgIpc) is 3.20. The third-order valence-corrected chi connectivity index (χ3v) is 11.0. The van der Waals surface area contributed by atoms with Crippen molar-refractivity contribution in [3.05, 3.63) is 36.5 Å². The molecule has 0 aromatic carbocycles. The second-order valence-electron chi connectivity index (χ2n) is 15.6. The van der Waals surface area contributed by atoms with Crippen LogP contribution in [0.3, 0.4) is 0 Å². The Bertz CT molecular complexity index is 1030. The van der Waals surface area contributed by atoms with Gasteiger partial charge in [0.05, 0.1) is 13.2 Å². The molecule has 0 radical (unpaired) electrons. The quantitative estimate of drug-likeness (QED) is 0.0266. The first kappa shape index (κ1) is 55.2. The molecule has 0 saturated heterocycles. The fourth-order valence-electron chi connectivity index (χ4n) is 6.48. The van der Waals surface area contributed by atoms with Crippen LogP contribution in [0.4, 0.5) is 0 Å². The molecule has 9 nitrogen and oxygen atoms in total. The van der Waals surface area contributed by atoms with Crippen LogP contribution in [0, 0.1) is 0 Å². The van der Waals surface area contributed by atoms with E-state index in [1.807, 2.05) is 0 Å². The molecule has 0 bridgehead atoms. The largest absolute Gasteiger partial charge is 0.472 e. The molecule has 0 saturated carbocycles. The fraction of sp³-hybridized carbons (Fsp3) is 0.830. The van der Waals surface area contributed by atoms with Gasteiger partial charge in [0.25, 0.3) is 0 Å². The van der Waals surface area contributed by atoms with Crippen molar-refractivity contribution in [2.45, 2.75) is 225 Å². The Balaban J connectivity index is 4.06. The maximum Gasteiger partial charge on any atom is 0.472 e. The first-order valence-corrected chi connectivity index (χ1v) is 25.0. The molecular formula is C47H88NO8P. The molecular weight excluding hydrogens is 737 g/mol. The summed E-state index contributed by atoms with van der Waals surface area (Å²) in [7, 11) is -4.38. The Morgan fingerprint density at radius 1 is 0.526 bits per heavy atom. The first-order valence-electron chi connectivity index (χ1n) is 23.5. The topological polar surface area (TPSA) is 134 Å². The standard InChI is InChI=1S/C47H88NO8P/c1-3-5-7-9-11-13-15-17-18-19-20-21-22-23-24-25-26-28-30-32-34-36-38-40-47(50)56-45(44-55-57(51,52)54-42-41-48)43-53-46(49)39-37-35-33-31-29-27-16-14-12-10-8-6-4-2/h14-17,19-20,45H,3-13,18,21-44,48H2,1-2H3,(H,51,52)/b16-14-,17-15-,20-19-. The number of hydrogen-bond acceptors (Lipinski definition) is 8. The van der Waals surface area contributed by atoms with Gasteiger partial charge in [-0.3, -0.25) is 18.6 Å². The molecule has 0 rings (SSSR count). The lowest BCUT2D eigenvalue weighted by Crippen LogP contribution is -2.29. The third kappa shape index (κ3) is 43.6. The molecule has 10 heteroatoms. The van der Waals surface area contributed by atoms with Crippen LogP contribution in [0.25, 0.3) is 0 Å². The number of carbonyl (C=O) groups excluding carboxylic acids is 2. The van der Waals surface area contributed by atoms with Crippen LogP contribution in [0.15, 0.2) is 36.5 Å². The van der Waals surface area contributed by atoms with Crippen molar-refractivity contribution in [3.8, 4) is 0 Å². The predicted octanol–water partition coefficient (Wildman–Crippen LogP) is 13.7. The van der Waals surface area contributed by atoms with E-state index in [0.717, 1.165) is 64.2 Å². The highest BCUT2D eigenvalue weighted by molar-refractivity contribution is 7.47. The molecule has 2 atom stereocenters. The first-order chi connectivity index (χ1) is 27.8. The number of ether oxygens (including phenoxy) is 2. The minimum atomic E-state index is -4.38. The number of phosphoric ester groups is 1. The zero-order chi connectivity index (χ0) is 41.8. The SMILES string of the molecule is CCCCCC/C=C\CCCCCCCC(=O)OCC(COP(=O)(O)OCCN)OC(=O)CCCCCCCCCCCCC/C=C\C/C=C\CCCCCCC. The van der Waals surface area contributed by atoms with Gasteiger partial charge in [-0.05, 0) is 70.6 Å². The van der Waals surface area contributed by atoms with Crippen molar-refractivity contribution in [2.75, 3.05) is 26.4 Å². The maximum absolute atomic E-state index is 12.6. The Hall–Kier alpha value is -1.77. The lowest BCUT2D eigenvalue weighted by Gasteiger charge is -2.19. The molecule has 0 aliphatic heterocycles. The summed E-state index contributed by atoms with van der Waals surface area (Å²) in [5.74, 6) is -0.837. The molecule has 0 aliphatic carbocycles. The molecule has 2 unspecified atom stereocenters. The van der Waals surface area contributed by atoms with Gasteiger partial charge in [0.15, 0.2) is 6.10 Å². The van der Waals surface area contributed by atoms with Crippen LogP contribution in [-0.4, -0.2) is 49.3 Å². The fourth-order valence-corrected chi connectivity index (χ4v) is 7.25. The number of unbranched alkanes of at least 4 members (excludes halogenated alkanes) is 25. The van der Waals surface area contributed by atoms with Crippen LogP contribution >= 0.6 is 7.82 Å². The molecule has 0 aromatic rings. The Kier molecular flexibility index (Phi) is 42.4. The number of carbonyl (C=O) groups is 2. The van der Waals surface area contributed by atoms with Crippen molar-refractivity contribution >= 4 is 19.8 Å². The minimum absolute atomic E-state index is 0.0521. The normalized spacial score (nSPS) is 13.5. The lowest BCUT2D eigenvalue weighted by atomic mass is 10.0. The number of phosphoric acid groups is 1. The van der Waals surface area contributed by atoms with E-state index in [-0.39, 0.29) is 38.6 Å². The predicted molar refractivity (Wildman–Crippen MR) is 238 cm³/mol.